The van der Waals surface area contributed by atoms with Crippen LogP contribution < -0.4 is 16.0 Å². The highest BCUT2D eigenvalue weighted by Gasteiger charge is 2.21. The minimum atomic E-state index is -0.0115. The summed E-state index contributed by atoms with van der Waals surface area (Å²) in [4.78, 5) is 18.3. The lowest BCUT2D eigenvalue weighted by Crippen LogP contribution is -2.51. The number of hydrogen-bond donors (Lipinski definition) is 3. The molecule has 0 saturated carbocycles. The van der Waals surface area contributed by atoms with Gasteiger partial charge in [-0.25, -0.2) is 0 Å². The summed E-state index contributed by atoms with van der Waals surface area (Å²) in [7, 11) is 1.74. The molecule has 0 spiro atoms. The van der Waals surface area contributed by atoms with Crippen molar-refractivity contribution in [2.45, 2.75) is 58.7 Å². The molecule has 0 bridgehead atoms. The molecule has 1 aliphatic heterocycles. The summed E-state index contributed by atoms with van der Waals surface area (Å²) in [6.07, 6.45) is 2.22. The second kappa shape index (κ2) is 8.87. The second-order valence-corrected chi connectivity index (χ2v) is 6.20. The van der Waals surface area contributed by atoms with Gasteiger partial charge in [-0.15, -0.1) is 0 Å². The third-order valence-electron chi connectivity index (χ3n) is 3.69. The Morgan fingerprint density at radius 1 is 1.24 bits per heavy atom. The lowest BCUT2D eigenvalue weighted by atomic mass is 10.0. The summed E-state index contributed by atoms with van der Waals surface area (Å²) in [5.41, 5.74) is 0. The van der Waals surface area contributed by atoms with Crippen molar-refractivity contribution in [1.82, 2.24) is 20.9 Å². The highest BCUT2D eigenvalue weighted by atomic mass is 16.1. The first-order valence-corrected chi connectivity index (χ1v) is 7.93. The number of carbonyl (C=O) groups is 1. The molecule has 1 aliphatic rings. The molecule has 6 heteroatoms. The van der Waals surface area contributed by atoms with Crippen molar-refractivity contribution >= 4 is 11.9 Å². The van der Waals surface area contributed by atoms with Crippen molar-refractivity contribution in [2.24, 2.45) is 4.99 Å². The van der Waals surface area contributed by atoms with Crippen molar-refractivity contribution in [3.63, 3.8) is 0 Å². The summed E-state index contributed by atoms with van der Waals surface area (Å²) in [6, 6.07) is 1.21. The highest BCUT2D eigenvalue weighted by Crippen LogP contribution is 2.12. The molecule has 1 rings (SSSR count). The van der Waals surface area contributed by atoms with Crippen molar-refractivity contribution in [2.75, 3.05) is 26.7 Å². The van der Waals surface area contributed by atoms with Crippen LogP contribution in [0.2, 0.25) is 0 Å². The minimum absolute atomic E-state index is 0.0115. The molecular formula is C15H31N5O. The first-order valence-electron chi connectivity index (χ1n) is 7.93. The fraction of sp³-hybridized carbons (Fsp3) is 0.867. The molecule has 0 aliphatic carbocycles. The lowest BCUT2D eigenvalue weighted by molar-refractivity contribution is -0.120. The Balaban J connectivity index is 2.30. The van der Waals surface area contributed by atoms with Crippen LogP contribution in [0.4, 0.5) is 0 Å². The molecule has 0 radical (unpaired) electrons. The van der Waals surface area contributed by atoms with Crippen LogP contribution in [0.3, 0.4) is 0 Å². The van der Waals surface area contributed by atoms with Gasteiger partial charge in [-0.05, 0) is 40.5 Å². The number of aliphatic imine (C=N–C) groups is 1. The second-order valence-electron chi connectivity index (χ2n) is 6.20. The van der Waals surface area contributed by atoms with Gasteiger partial charge in [0.15, 0.2) is 5.96 Å². The van der Waals surface area contributed by atoms with Gasteiger partial charge < -0.3 is 20.9 Å². The van der Waals surface area contributed by atoms with Gasteiger partial charge in [-0.3, -0.25) is 9.79 Å². The van der Waals surface area contributed by atoms with E-state index < -0.39 is 0 Å². The number of carbonyl (C=O) groups excluding carboxylic acids is 1. The molecule has 0 aromatic carbocycles. The maximum Gasteiger partial charge on any atom is 0.239 e. The maximum absolute atomic E-state index is 11.6. The number of nitrogens with zero attached hydrogens (tertiary/aromatic N) is 2. The summed E-state index contributed by atoms with van der Waals surface area (Å²) >= 11 is 0. The standard InChI is InChI=1S/C15H31N5O/c1-11(2)18-14(21)10-17-15(16-5)19-13-6-8-20(9-7-13)12(3)4/h11-13H,6-10H2,1-5H3,(H,18,21)(H2,16,17,19). The van der Waals surface area contributed by atoms with Crippen LogP contribution in [0.5, 0.6) is 0 Å². The number of rotatable bonds is 5. The van der Waals surface area contributed by atoms with Gasteiger partial charge in [-0.1, -0.05) is 0 Å². The number of hydrogen-bond acceptors (Lipinski definition) is 3. The van der Waals surface area contributed by atoms with Crippen LogP contribution in [0.15, 0.2) is 4.99 Å². The van der Waals surface area contributed by atoms with Crippen molar-refractivity contribution < 1.29 is 4.79 Å². The number of amides is 1. The van der Waals surface area contributed by atoms with Crippen molar-refractivity contribution in [1.29, 1.82) is 0 Å². The van der Waals surface area contributed by atoms with Gasteiger partial charge in [0.05, 0.1) is 6.54 Å². The van der Waals surface area contributed by atoms with Gasteiger partial charge in [0, 0.05) is 38.3 Å². The molecular weight excluding hydrogens is 266 g/mol. The smallest absolute Gasteiger partial charge is 0.239 e. The van der Waals surface area contributed by atoms with E-state index >= 15 is 0 Å². The Morgan fingerprint density at radius 3 is 2.33 bits per heavy atom. The zero-order valence-corrected chi connectivity index (χ0v) is 14.1. The zero-order chi connectivity index (χ0) is 15.8. The summed E-state index contributed by atoms with van der Waals surface area (Å²) in [5, 5.41) is 9.33. The maximum atomic E-state index is 11.6. The monoisotopic (exact) mass is 297 g/mol. The third kappa shape index (κ3) is 6.80. The van der Waals surface area contributed by atoms with Crippen LogP contribution in [0.1, 0.15) is 40.5 Å². The fourth-order valence-corrected chi connectivity index (χ4v) is 2.49. The topological polar surface area (TPSA) is 68.8 Å². The van der Waals surface area contributed by atoms with E-state index in [1.165, 1.54) is 0 Å². The zero-order valence-electron chi connectivity index (χ0n) is 14.1. The van der Waals surface area contributed by atoms with Crippen LogP contribution >= 0.6 is 0 Å². The van der Waals surface area contributed by atoms with E-state index in [1.807, 2.05) is 13.8 Å². The molecule has 122 valence electrons. The number of nitrogens with one attached hydrogen (secondary N) is 3. The Bertz CT molecular complexity index is 346. The van der Waals surface area contributed by atoms with E-state index in [0.717, 1.165) is 25.9 Å². The molecule has 1 saturated heterocycles. The first kappa shape index (κ1) is 17.8. The van der Waals surface area contributed by atoms with Crippen LogP contribution in [-0.2, 0) is 4.79 Å². The van der Waals surface area contributed by atoms with Gasteiger partial charge in [0.1, 0.15) is 0 Å². The van der Waals surface area contributed by atoms with Gasteiger partial charge in [0.2, 0.25) is 5.91 Å². The van der Waals surface area contributed by atoms with E-state index in [1.54, 1.807) is 7.05 Å². The largest absolute Gasteiger partial charge is 0.354 e. The molecule has 0 atom stereocenters. The molecule has 0 aromatic rings. The molecule has 21 heavy (non-hydrogen) atoms. The van der Waals surface area contributed by atoms with E-state index in [2.05, 4.69) is 39.7 Å². The van der Waals surface area contributed by atoms with Gasteiger partial charge >= 0.3 is 0 Å². The van der Waals surface area contributed by atoms with Gasteiger partial charge in [-0.2, -0.15) is 0 Å². The summed E-state index contributed by atoms with van der Waals surface area (Å²) in [6.45, 7) is 10.9. The molecule has 3 N–H and O–H groups in total. The Hall–Kier alpha value is -1.30. The SMILES string of the molecule is CN=C(NCC(=O)NC(C)C)NC1CCN(C(C)C)CC1. The van der Waals surface area contributed by atoms with Crippen LogP contribution in [0.25, 0.3) is 0 Å². The summed E-state index contributed by atoms with van der Waals surface area (Å²) < 4.78 is 0. The number of guanidine groups is 1. The Morgan fingerprint density at radius 2 is 1.86 bits per heavy atom. The summed E-state index contributed by atoms with van der Waals surface area (Å²) in [5.74, 6) is 0.694. The van der Waals surface area contributed by atoms with Gasteiger partial charge in [0.25, 0.3) is 0 Å². The molecule has 0 aromatic heterocycles. The first-order chi connectivity index (χ1) is 9.92. The average molecular weight is 297 g/mol. The quantitative estimate of drug-likeness (QED) is 0.512. The number of likely N-dealkylation sites (tertiary alicyclic amines) is 1. The predicted molar refractivity (Wildman–Crippen MR) is 87.5 cm³/mol. The van der Waals surface area contributed by atoms with Crippen molar-refractivity contribution in [3.8, 4) is 0 Å². The molecule has 1 heterocycles. The van der Waals surface area contributed by atoms with E-state index in [4.69, 9.17) is 0 Å². The predicted octanol–water partition coefficient (Wildman–Crippen LogP) is 0.549. The molecule has 1 amide bonds. The lowest BCUT2D eigenvalue weighted by Gasteiger charge is -2.35. The molecule has 1 fully saturated rings. The van der Waals surface area contributed by atoms with E-state index in [0.29, 0.717) is 18.0 Å². The van der Waals surface area contributed by atoms with E-state index in [-0.39, 0.29) is 18.5 Å². The Labute approximate surface area is 128 Å². The number of piperidine rings is 1. The molecule has 0 unspecified atom stereocenters. The molecule has 6 nitrogen and oxygen atoms in total. The van der Waals surface area contributed by atoms with E-state index in [9.17, 15) is 4.79 Å². The Kier molecular flexibility index (Phi) is 7.50. The van der Waals surface area contributed by atoms with Crippen LogP contribution in [-0.4, -0.2) is 61.6 Å². The minimum Gasteiger partial charge on any atom is -0.354 e. The normalized spacial score (nSPS) is 18.1. The van der Waals surface area contributed by atoms with Crippen LogP contribution in [0, 0.1) is 0 Å². The van der Waals surface area contributed by atoms with Crippen molar-refractivity contribution in [3.05, 3.63) is 0 Å². The third-order valence-corrected chi connectivity index (χ3v) is 3.69. The highest BCUT2D eigenvalue weighted by molar-refractivity contribution is 5.86. The average Bonchev–Trinajstić information content (AvgIpc) is 2.43. The fourth-order valence-electron chi connectivity index (χ4n) is 2.49.